The summed E-state index contributed by atoms with van der Waals surface area (Å²) in [5.74, 6) is -1.57. The Hall–Kier alpha value is -3.49. The van der Waals surface area contributed by atoms with Crippen molar-refractivity contribution in [3.05, 3.63) is 53.9 Å². The Morgan fingerprint density at radius 1 is 1.25 bits per heavy atom. The van der Waals surface area contributed by atoms with Crippen LogP contribution in [0.3, 0.4) is 0 Å². The predicted octanol–water partition coefficient (Wildman–Crippen LogP) is 0.744. The summed E-state index contributed by atoms with van der Waals surface area (Å²) in [5.41, 5.74) is 0.821. The third-order valence-corrected chi connectivity index (χ3v) is 3.14. The number of carbonyl (C=O) groups excluding carboxylic acids is 3. The number of amides is 2. The van der Waals surface area contributed by atoms with Gasteiger partial charge in [-0.3, -0.25) is 19.3 Å². The molecule has 0 atom stereocenters. The van der Waals surface area contributed by atoms with Crippen LogP contribution in [0.1, 0.15) is 26.7 Å². The number of furan rings is 1. The summed E-state index contributed by atoms with van der Waals surface area (Å²) in [5, 5.41) is 9.83. The number of esters is 1. The Morgan fingerprint density at radius 3 is 2.83 bits per heavy atom. The lowest BCUT2D eigenvalue weighted by atomic mass is 10.3. The average molecular weight is 328 g/mol. The molecule has 0 spiro atoms. The van der Waals surface area contributed by atoms with E-state index < -0.39 is 24.4 Å². The van der Waals surface area contributed by atoms with Crippen LogP contribution in [-0.4, -0.2) is 39.0 Å². The van der Waals surface area contributed by atoms with Crippen LogP contribution in [-0.2, 0) is 9.53 Å². The van der Waals surface area contributed by atoms with Gasteiger partial charge in [0.2, 0.25) is 0 Å². The number of nitrogens with one attached hydrogen (secondary N) is 1. The highest BCUT2D eigenvalue weighted by Crippen LogP contribution is 2.08. The molecule has 0 aliphatic rings. The topological polar surface area (TPSA) is 116 Å². The van der Waals surface area contributed by atoms with Crippen LogP contribution < -0.4 is 5.32 Å². The molecule has 0 saturated carbocycles. The van der Waals surface area contributed by atoms with Crippen molar-refractivity contribution < 1.29 is 23.5 Å². The van der Waals surface area contributed by atoms with Crippen molar-refractivity contribution in [1.82, 2.24) is 19.9 Å². The summed E-state index contributed by atoms with van der Waals surface area (Å²) in [7, 11) is 0. The van der Waals surface area contributed by atoms with Crippen molar-refractivity contribution in [2.45, 2.75) is 6.92 Å². The molecule has 3 aromatic rings. The molecule has 9 heteroatoms. The minimum atomic E-state index is -0.758. The summed E-state index contributed by atoms with van der Waals surface area (Å²) in [6.07, 6.45) is 2.82. The first-order chi connectivity index (χ1) is 11.5. The van der Waals surface area contributed by atoms with Gasteiger partial charge in [-0.15, -0.1) is 10.2 Å². The third-order valence-electron chi connectivity index (χ3n) is 3.14. The molecule has 3 rings (SSSR count). The number of hydrogen-bond acceptors (Lipinski definition) is 7. The van der Waals surface area contributed by atoms with Crippen LogP contribution in [0.4, 0.5) is 0 Å². The fourth-order valence-corrected chi connectivity index (χ4v) is 1.97. The number of fused-ring (bicyclic) bond motifs is 1. The fraction of sp³-hybridized carbons (Fsp3) is 0.133. The van der Waals surface area contributed by atoms with Crippen molar-refractivity contribution in [1.29, 1.82) is 0 Å². The molecular formula is C15H12N4O5. The minimum absolute atomic E-state index is 0.0109. The minimum Gasteiger partial charge on any atom is -0.459 e. The summed E-state index contributed by atoms with van der Waals surface area (Å²) in [4.78, 5) is 35.2. The first-order valence-corrected chi connectivity index (χ1v) is 6.91. The molecule has 0 saturated heterocycles. The number of nitrogens with zero attached hydrogens (tertiary/aromatic N) is 3. The number of hydrogen-bond donors (Lipinski definition) is 1. The SMILES string of the molecule is Cc1nnc2ccc(C(=O)OCC(=O)NC(=O)c3ccco3)cn12. The molecule has 3 heterocycles. The van der Waals surface area contributed by atoms with Crippen LogP contribution in [0, 0.1) is 6.92 Å². The van der Waals surface area contributed by atoms with Crippen molar-refractivity contribution in [2.75, 3.05) is 6.61 Å². The first-order valence-electron chi connectivity index (χ1n) is 6.91. The van der Waals surface area contributed by atoms with Gasteiger partial charge in [0, 0.05) is 6.20 Å². The van der Waals surface area contributed by atoms with Gasteiger partial charge in [0.15, 0.2) is 18.0 Å². The van der Waals surface area contributed by atoms with E-state index in [0.29, 0.717) is 11.5 Å². The molecule has 24 heavy (non-hydrogen) atoms. The van der Waals surface area contributed by atoms with Gasteiger partial charge in [-0.1, -0.05) is 0 Å². The molecule has 0 aliphatic carbocycles. The maximum absolute atomic E-state index is 12.0. The van der Waals surface area contributed by atoms with E-state index in [4.69, 9.17) is 9.15 Å². The maximum Gasteiger partial charge on any atom is 0.340 e. The van der Waals surface area contributed by atoms with Gasteiger partial charge in [-0.2, -0.15) is 0 Å². The van der Waals surface area contributed by atoms with Gasteiger partial charge in [0.25, 0.3) is 11.8 Å². The molecular weight excluding hydrogens is 316 g/mol. The lowest BCUT2D eigenvalue weighted by molar-refractivity contribution is -0.123. The third kappa shape index (κ3) is 3.14. The zero-order chi connectivity index (χ0) is 17.1. The highest BCUT2D eigenvalue weighted by molar-refractivity contribution is 6.04. The number of aryl methyl sites for hydroxylation is 1. The van der Waals surface area contributed by atoms with E-state index in [2.05, 4.69) is 10.2 Å². The number of rotatable bonds is 4. The lowest BCUT2D eigenvalue weighted by Crippen LogP contribution is -2.34. The van der Waals surface area contributed by atoms with Crippen LogP contribution in [0.25, 0.3) is 5.65 Å². The number of imide groups is 1. The van der Waals surface area contributed by atoms with E-state index >= 15 is 0 Å². The second-order valence-electron chi connectivity index (χ2n) is 4.82. The number of carbonyl (C=O) groups is 3. The standard InChI is InChI=1S/C15H12N4O5/c1-9-17-18-12-5-4-10(7-19(9)12)15(22)24-8-13(20)16-14(21)11-3-2-6-23-11/h2-7H,8H2,1H3,(H,16,20,21). The molecule has 0 aliphatic heterocycles. The Balaban J connectivity index is 1.59. The van der Waals surface area contributed by atoms with Crippen LogP contribution in [0.15, 0.2) is 41.1 Å². The number of ether oxygens (including phenoxy) is 1. The highest BCUT2D eigenvalue weighted by Gasteiger charge is 2.16. The fourth-order valence-electron chi connectivity index (χ4n) is 1.97. The second-order valence-corrected chi connectivity index (χ2v) is 4.82. The first kappa shape index (κ1) is 15.4. The van der Waals surface area contributed by atoms with Gasteiger partial charge in [0.05, 0.1) is 11.8 Å². The lowest BCUT2D eigenvalue weighted by Gasteiger charge is -2.05. The molecule has 9 nitrogen and oxygen atoms in total. The maximum atomic E-state index is 12.0. The Morgan fingerprint density at radius 2 is 2.08 bits per heavy atom. The Kier molecular flexibility index (Phi) is 4.06. The quantitative estimate of drug-likeness (QED) is 0.702. The smallest absolute Gasteiger partial charge is 0.340 e. The van der Waals surface area contributed by atoms with E-state index in [-0.39, 0.29) is 11.3 Å². The second kappa shape index (κ2) is 6.32. The van der Waals surface area contributed by atoms with Crippen molar-refractivity contribution in [3.63, 3.8) is 0 Å². The van der Waals surface area contributed by atoms with Gasteiger partial charge < -0.3 is 9.15 Å². The summed E-state index contributed by atoms with van der Waals surface area (Å²) >= 11 is 0. The van der Waals surface area contributed by atoms with Crippen LogP contribution >= 0.6 is 0 Å². The molecule has 3 aromatic heterocycles. The highest BCUT2D eigenvalue weighted by atomic mass is 16.5. The van der Waals surface area contributed by atoms with Crippen LogP contribution in [0.2, 0.25) is 0 Å². The normalized spacial score (nSPS) is 10.5. The molecule has 0 unspecified atom stereocenters. The molecule has 0 radical (unpaired) electrons. The monoisotopic (exact) mass is 328 g/mol. The van der Waals surface area contributed by atoms with Gasteiger partial charge in [0.1, 0.15) is 5.82 Å². The molecule has 122 valence electrons. The van der Waals surface area contributed by atoms with E-state index in [1.807, 2.05) is 5.32 Å². The zero-order valence-electron chi connectivity index (χ0n) is 12.6. The summed E-state index contributed by atoms with van der Waals surface area (Å²) in [6.45, 7) is 1.15. The van der Waals surface area contributed by atoms with E-state index in [0.717, 1.165) is 0 Å². The number of aromatic nitrogens is 3. The van der Waals surface area contributed by atoms with Gasteiger partial charge >= 0.3 is 5.97 Å². The molecule has 2 amide bonds. The van der Waals surface area contributed by atoms with Gasteiger partial charge in [-0.05, 0) is 31.2 Å². The summed E-state index contributed by atoms with van der Waals surface area (Å²) in [6, 6.07) is 6.04. The molecule has 1 N–H and O–H groups in total. The predicted molar refractivity (Wildman–Crippen MR) is 79.2 cm³/mol. The van der Waals surface area contributed by atoms with Crippen molar-refractivity contribution in [2.24, 2.45) is 0 Å². The average Bonchev–Trinajstić information content (AvgIpc) is 3.23. The van der Waals surface area contributed by atoms with Crippen molar-refractivity contribution in [3.8, 4) is 0 Å². The number of pyridine rings is 1. The summed E-state index contributed by atoms with van der Waals surface area (Å²) < 4.78 is 11.4. The van der Waals surface area contributed by atoms with Crippen LogP contribution in [0.5, 0.6) is 0 Å². The molecule has 0 bridgehead atoms. The Bertz CT molecular complexity index is 913. The van der Waals surface area contributed by atoms with E-state index in [9.17, 15) is 14.4 Å². The molecule has 0 fully saturated rings. The van der Waals surface area contributed by atoms with E-state index in [1.165, 1.54) is 30.7 Å². The van der Waals surface area contributed by atoms with Crippen molar-refractivity contribution >= 4 is 23.4 Å². The molecule has 0 aromatic carbocycles. The Labute approximate surface area is 135 Å². The largest absolute Gasteiger partial charge is 0.459 e. The van der Waals surface area contributed by atoms with Gasteiger partial charge in [-0.25, -0.2) is 4.79 Å². The van der Waals surface area contributed by atoms with E-state index in [1.54, 1.807) is 17.4 Å². The zero-order valence-corrected chi connectivity index (χ0v) is 12.6.